The number of phosphoric acid groups is 1. The molecule has 0 heterocycles. The largest absolute Gasteiger partial charge is 0.475 e. The highest BCUT2D eigenvalue weighted by atomic mass is 31.2. The average Bonchev–Trinajstić information content (AvgIpc) is 3.49. The van der Waals surface area contributed by atoms with Gasteiger partial charge in [-0.05, 0) is 77.0 Å². The van der Waals surface area contributed by atoms with Crippen LogP contribution in [0.3, 0.4) is 0 Å². The lowest BCUT2D eigenvalue weighted by molar-refractivity contribution is -0.267. The van der Waals surface area contributed by atoms with Crippen LogP contribution >= 0.6 is 7.82 Å². The van der Waals surface area contributed by atoms with Crippen molar-refractivity contribution in [2.75, 3.05) is 39.6 Å². The lowest BCUT2D eigenvalue weighted by Gasteiger charge is -2.22. The standard InChI is InChI=1S/C63H105O19P/c1-4-7-10-13-16-22-31-40-58(80-70)43-34-25-19-28-37-46-61(67)74-49-55(64)52-77-83(73,78-53-56(65)50-75-62(68)47-38-29-20-26-35-44-59(81-71)41-32-23-17-14-11-8-5-2)79-54-57(66)51-76-63(69)48-39-30-21-27-36-45-60(82-72)42-33-24-18-15-12-9-6-3/h7-12,16-18,22-24,31-33,40-42,55-60,64-66,70-72H,4-6,13-15,19-21,25-30,34-39,43-54H2,1-3H3/b10-7+,11-8+,12-9+,22-16+,23-17+,24-18+,40-31+,41-32+,42-33+/t55-,56-,57-,58?,59?,60?,83?/m0/s1. The first-order valence-corrected chi connectivity index (χ1v) is 31.7. The van der Waals surface area contributed by atoms with Gasteiger partial charge in [-0.25, -0.2) is 19.2 Å². The third kappa shape index (κ3) is 53.1. The van der Waals surface area contributed by atoms with Gasteiger partial charge in [0.25, 0.3) is 0 Å². The molecule has 0 spiro atoms. The number of ether oxygens (including phenoxy) is 3. The summed E-state index contributed by atoms with van der Waals surface area (Å²) in [6.07, 6.45) is 48.8. The van der Waals surface area contributed by atoms with Crippen LogP contribution in [0.4, 0.5) is 0 Å². The fraction of sp³-hybridized carbons (Fsp3) is 0.667. The molecule has 0 radical (unpaired) electrons. The molecular weight excluding hydrogens is 1090 g/mol. The predicted molar refractivity (Wildman–Crippen MR) is 323 cm³/mol. The van der Waals surface area contributed by atoms with E-state index >= 15 is 0 Å². The van der Waals surface area contributed by atoms with Crippen molar-refractivity contribution in [2.45, 2.75) is 231 Å². The van der Waals surface area contributed by atoms with E-state index in [1.165, 1.54) is 0 Å². The van der Waals surface area contributed by atoms with Crippen molar-refractivity contribution in [1.29, 1.82) is 0 Å². The molecule has 0 aromatic carbocycles. The number of aliphatic hydroxyl groups is 3. The SMILES string of the molecule is CC/C=C/C/C=C/C=C/C(CCCCCCCC(=O)OC[C@H](O)COP(=O)(OC[C@@H](O)COC(=O)CCCCCCCC(/C=C/C=C/C/C=C/CC)OO)OC[C@@H](O)COC(=O)CCCCCCCC(/C=C/C=C/C/C=C/CC)OO)OO. The van der Waals surface area contributed by atoms with E-state index in [2.05, 4.69) is 71.9 Å². The van der Waals surface area contributed by atoms with E-state index in [1.54, 1.807) is 18.2 Å². The Morgan fingerprint density at radius 1 is 0.361 bits per heavy atom. The zero-order valence-electron chi connectivity index (χ0n) is 50.1. The Labute approximate surface area is 496 Å². The van der Waals surface area contributed by atoms with Crippen molar-refractivity contribution in [3.63, 3.8) is 0 Å². The second kappa shape index (κ2) is 58.2. The lowest BCUT2D eigenvalue weighted by atomic mass is 10.1. The van der Waals surface area contributed by atoms with Gasteiger partial charge in [0, 0.05) is 19.3 Å². The van der Waals surface area contributed by atoms with Gasteiger partial charge in [0.05, 0.1) is 19.8 Å². The molecule has 0 bridgehead atoms. The highest BCUT2D eigenvalue weighted by Gasteiger charge is 2.31. The first kappa shape index (κ1) is 78.8. The van der Waals surface area contributed by atoms with Gasteiger partial charge in [0.1, 0.15) is 56.4 Å². The maximum absolute atomic E-state index is 13.7. The zero-order chi connectivity index (χ0) is 61.1. The monoisotopic (exact) mass is 1200 g/mol. The van der Waals surface area contributed by atoms with Crippen LogP contribution in [0.15, 0.2) is 109 Å². The van der Waals surface area contributed by atoms with E-state index in [9.17, 15) is 50.0 Å². The van der Waals surface area contributed by atoms with E-state index in [-0.39, 0.29) is 19.3 Å². The number of phosphoric ester groups is 1. The molecular formula is C63H105O19P. The summed E-state index contributed by atoms with van der Waals surface area (Å²) in [6, 6.07) is 0. The fourth-order valence-corrected chi connectivity index (χ4v) is 8.91. The van der Waals surface area contributed by atoms with Gasteiger partial charge in [-0.2, -0.15) is 0 Å². The second-order valence-electron chi connectivity index (χ2n) is 20.0. The molecule has 0 fully saturated rings. The molecule has 0 aliphatic rings. The molecule has 0 aliphatic heterocycles. The number of hydrogen-bond acceptors (Lipinski definition) is 19. The summed E-state index contributed by atoms with van der Waals surface area (Å²) in [5, 5.41) is 59.4. The van der Waals surface area contributed by atoms with Crippen LogP contribution in [0.1, 0.15) is 194 Å². The number of unbranched alkanes of at least 4 members (excludes halogenated alkanes) is 12. The Morgan fingerprint density at radius 3 is 0.892 bits per heavy atom. The highest BCUT2D eigenvalue weighted by Crippen LogP contribution is 2.49. The number of rotatable bonds is 57. The molecule has 476 valence electrons. The van der Waals surface area contributed by atoms with Crippen molar-refractivity contribution < 1.29 is 92.5 Å². The maximum Gasteiger partial charge on any atom is 0.475 e. The minimum Gasteiger partial charge on any atom is -0.463 e. The Hall–Kier alpha value is -4.18. The number of aliphatic hydroxyl groups excluding tert-OH is 3. The van der Waals surface area contributed by atoms with Gasteiger partial charge >= 0.3 is 25.7 Å². The van der Waals surface area contributed by atoms with Crippen LogP contribution < -0.4 is 0 Å². The van der Waals surface area contributed by atoms with E-state index in [0.29, 0.717) is 38.5 Å². The summed E-state index contributed by atoms with van der Waals surface area (Å²) in [5.74, 6) is -1.68. The fourth-order valence-electron chi connectivity index (χ4n) is 7.62. The third-order valence-electron chi connectivity index (χ3n) is 12.3. The van der Waals surface area contributed by atoms with Crippen LogP contribution in [0.25, 0.3) is 0 Å². The first-order chi connectivity index (χ1) is 40.3. The molecule has 0 amide bonds. The van der Waals surface area contributed by atoms with Crippen molar-refractivity contribution >= 4 is 25.7 Å². The first-order valence-electron chi connectivity index (χ1n) is 30.2. The van der Waals surface area contributed by atoms with E-state index < -0.39 is 102 Å². The molecule has 83 heavy (non-hydrogen) atoms. The van der Waals surface area contributed by atoms with Crippen LogP contribution in [-0.2, 0) is 61.4 Å². The minimum absolute atomic E-state index is 0.100. The summed E-state index contributed by atoms with van der Waals surface area (Å²) in [4.78, 5) is 51.0. The van der Waals surface area contributed by atoms with Crippen molar-refractivity contribution in [2.24, 2.45) is 0 Å². The number of hydrogen-bond donors (Lipinski definition) is 6. The van der Waals surface area contributed by atoms with E-state index in [4.69, 9.17) is 27.8 Å². The third-order valence-corrected chi connectivity index (χ3v) is 13.7. The maximum atomic E-state index is 13.7. The molecule has 0 saturated heterocycles. The molecule has 0 saturated carbocycles. The normalized spacial score (nSPS) is 15.5. The van der Waals surface area contributed by atoms with Crippen LogP contribution in [-0.4, -0.2) is 125 Å². The number of carbonyl (C=O) groups excluding carboxylic acids is 3. The minimum atomic E-state index is -4.67. The van der Waals surface area contributed by atoms with Crippen molar-refractivity contribution in [3.05, 3.63) is 109 Å². The van der Waals surface area contributed by atoms with Crippen LogP contribution in [0.5, 0.6) is 0 Å². The quantitative estimate of drug-likeness (QED) is 0.00483. The molecule has 3 unspecified atom stereocenters. The smallest absolute Gasteiger partial charge is 0.463 e. The lowest BCUT2D eigenvalue weighted by Crippen LogP contribution is -2.27. The number of carbonyl (C=O) groups is 3. The molecule has 20 heteroatoms. The van der Waals surface area contributed by atoms with Gasteiger partial charge in [-0.3, -0.25) is 43.7 Å². The summed E-state index contributed by atoms with van der Waals surface area (Å²) in [6.45, 7) is 2.61. The Balaban J connectivity index is 5.00. The van der Waals surface area contributed by atoms with Gasteiger partial charge in [-0.1, -0.05) is 207 Å². The second-order valence-corrected chi connectivity index (χ2v) is 21.7. The molecule has 6 N–H and O–H groups in total. The predicted octanol–water partition coefficient (Wildman–Crippen LogP) is 14.0. The zero-order valence-corrected chi connectivity index (χ0v) is 51.0. The van der Waals surface area contributed by atoms with Crippen molar-refractivity contribution in [1.82, 2.24) is 0 Å². The van der Waals surface area contributed by atoms with E-state index in [0.717, 1.165) is 116 Å². The van der Waals surface area contributed by atoms with E-state index in [1.807, 2.05) is 54.7 Å². The number of esters is 3. The van der Waals surface area contributed by atoms with Crippen molar-refractivity contribution in [3.8, 4) is 0 Å². The number of allylic oxidation sites excluding steroid dienone is 15. The van der Waals surface area contributed by atoms with Gasteiger partial charge < -0.3 is 29.5 Å². The van der Waals surface area contributed by atoms with Crippen LogP contribution in [0.2, 0.25) is 0 Å². The molecule has 0 aliphatic carbocycles. The summed E-state index contributed by atoms with van der Waals surface area (Å²) in [7, 11) is -4.67. The van der Waals surface area contributed by atoms with Gasteiger partial charge in [-0.15, -0.1) is 0 Å². The summed E-state index contributed by atoms with van der Waals surface area (Å²) >= 11 is 0. The Kier molecular flexibility index (Phi) is 55.3. The highest BCUT2D eigenvalue weighted by molar-refractivity contribution is 7.48. The van der Waals surface area contributed by atoms with Gasteiger partial charge in [0.2, 0.25) is 0 Å². The van der Waals surface area contributed by atoms with Crippen LogP contribution in [0, 0.1) is 0 Å². The van der Waals surface area contributed by atoms with Gasteiger partial charge in [0.15, 0.2) is 0 Å². The average molecular weight is 1200 g/mol. The summed E-state index contributed by atoms with van der Waals surface area (Å²) < 4.78 is 45.3. The molecule has 0 aromatic heterocycles. The Bertz CT molecular complexity index is 1690. The molecule has 0 aromatic rings. The summed E-state index contributed by atoms with van der Waals surface area (Å²) in [5.41, 5.74) is 0. The molecule has 19 nitrogen and oxygen atoms in total. The molecule has 6 atom stereocenters. The topological polar surface area (TPSA) is 273 Å². The Morgan fingerprint density at radius 2 is 0.627 bits per heavy atom. The molecule has 0 rings (SSSR count).